The SMILES string of the molecule is COC(=O)[C@@H]1O[C@H](c2ccccc2)O[C@H]1c1ccccc1. The zero-order valence-corrected chi connectivity index (χ0v) is 11.6. The van der Waals surface area contributed by atoms with Crippen LogP contribution in [0.4, 0.5) is 0 Å². The van der Waals surface area contributed by atoms with Crippen LogP contribution < -0.4 is 0 Å². The smallest absolute Gasteiger partial charge is 0.338 e. The van der Waals surface area contributed by atoms with Gasteiger partial charge in [-0.2, -0.15) is 0 Å². The van der Waals surface area contributed by atoms with Crippen molar-refractivity contribution in [1.82, 2.24) is 0 Å². The number of esters is 1. The highest BCUT2D eigenvalue weighted by molar-refractivity contribution is 5.76. The predicted octanol–water partition coefficient (Wildman–Crippen LogP) is 3.01. The molecule has 0 bridgehead atoms. The molecule has 1 fully saturated rings. The maximum atomic E-state index is 11.9. The second-order valence-electron chi connectivity index (χ2n) is 4.79. The lowest BCUT2D eigenvalue weighted by Crippen LogP contribution is -2.27. The molecule has 1 aliphatic heterocycles. The van der Waals surface area contributed by atoms with Gasteiger partial charge in [-0.3, -0.25) is 0 Å². The van der Waals surface area contributed by atoms with Gasteiger partial charge in [0.15, 0.2) is 12.4 Å². The normalized spacial score (nSPS) is 24.7. The second-order valence-corrected chi connectivity index (χ2v) is 4.79. The predicted molar refractivity (Wildman–Crippen MR) is 76.3 cm³/mol. The number of ether oxygens (including phenoxy) is 3. The molecule has 1 heterocycles. The Labute approximate surface area is 123 Å². The van der Waals surface area contributed by atoms with Crippen LogP contribution in [-0.2, 0) is 19.0 Å². The Bertz CT molecular complexity index is 597. The highest BCUT2D eigenvalue weighted by atomic mass is 16.7. The first kappa shape index (κ1) is 13.8. The zero-order valence-electron chi connectivity index (χ0n) is 11.6. The fourth-order valence-electron chi connectivity index (χ4n) is 2.40. The molecule has 4 nitrogen and oxygen atoms in total. The van der Waals surface area contributed by atoms with E-state index >= 15 is 0 Å². The molecular weight excluding hydrogens is 268 g/mol. The lowest BCUT2D eigenvalue weighted by Gasteiger charge is -2.14. The Morgan fingerprint density at radius 1 is 0.905 bits per heavy atom. The third kappa shape index (κ3) is 2.82. The van der Waals surface area contributed by atoms with Gasteiger partial charge in [-0.05, 0) is 5.56 Å². The Balaban J connectivity index is 1.89. The lowest BCUT2D eigenvalue weighted by molar-refractivity contribution is -0.154. The van der Waals surface area contributed by atoms with E-state index in [0.29, 0.717) is 0 Å². The summed E-state index contributed by atoms with van der Waals surface area (Å²) >= 11 is 0. The first-order valence-corrected chi connectivity index (χ1v) is 6.78. The van der Waals surface area contributed by atoms with Crippen molar-refractivity contribution in [1.29, 1.82) is 0 Å². The number of rotatable bonds is 3. The molecular formula is C17H16O4. The summed E-state index contributed by atoms with van der Waals surface area (Å²) in [6.07, 6.45) is -1.80. The van der Waals surface area contributed by atoms with E-state index in [-0.39, 0.29) is 0 Å². The van der Waals surface area contributed by atoms with Crippen LogP contribution in [0.3, 0.4) is 0 Å². The van der Waals surface area contributed by atoms with Crippen LogP contribution in [-0.4, -0.2) is 19.2 Å². The first-order valence-electron chi connectivity index (χ1n) is 6.78. The van der Waals surface area contributed by atoms with Gasteiger partial charge in [0.25, 0.3) is 0 Å². The minimum Gasteiger partial charge on any atom is -0.467 e. The number of carbonyl (C=O) groups excluding carboxylic acids is 1. The summed E-state index contributed by atoms with van der Waals surface area (Å²) in [5.41, 5.74) is 1.77. The van der Waals surface area contributed by atoms with E-state index in [1.807, 2.05) is 60.7 Å². The summed E-state index contributed by atoms with van der Waals surface area (Å²) in [6.45, 7) is 0. The van der Waals surface area contributed by atoms with Gasteiger partial charge < -0.3 is 14.2 Å². The van der Waals surface area contributed by atoms with Gasteiger partial charge in [0, 0.05) is 5.56 Å². The van der Waals surface area contributed by atoms with Crippen LogP contribution >= 0.6 is 0 Å². The number of hydrogen-bond donors (Lipinski definition) is 0. The Morgan fingerprint density at radius 3 is 2.05 bits per heavy atom. The fourth-order valence-corrected chi connectivity index (χ4v) is 2.40. The summed E-state index contributed by atoms with van der Waals surface area (Å²) in [5, 5.41) is 0. The largest absolute Gasteiger partial charge is 0.467 e. The minimum absolute atomic E-state index is 0.428. The van der Waals surface area contributed by atoms with Crippen LogP contribution in [0, 0.1) is 0 Å². The fraction of sp³-hybridized carbons (Fsp3) is 0.235. The minimum atomic E-state index is -0.761. The topological polar surface area (TPSA) is 44.8 Å². The van der Waals surface area contributed by atoms with E-state index in [1.54, 1.807) is 0 Å². The Morgan fingerprint density at radius 2 is 1.48 bits per heavy atom. The van der Waals surface area contributed by atoms with Crippen molar-refractivity contribution in [3.63, 3.8) is 0 Å². The third-order valence-corrected chi connectivity index (χ3v) is 3.45. The molecule has 0 amide bonds. The summed E-state index contributed by atoms with van der Waals surface area (Å²) < 4.78 is 16.5. The molecule has 3 rings (SSSR count). The van der Waals surface area contributed by atoms with Crippen molar-refractivity contribution < 1.29 is 19.0 Å². The lowest BCUT2D eigenvalue weighted by atomic mass is 10.0. The van der Waals surface area contributed by atoms with E-state index < -0.39 is 24.5 Å². The van der Waals surface area contributed by atoms with Crippen molar-refractivity contribution in [3.8, 4) is 0 Å². The molecule has 0 aromatic heterocycles. The summed E-state index contributed by atoms with van der Waals surface area (Å²) in [5.74, 6) is -0.428. The number of hydrogen-bond acceptors (Lipinski definition) is 4. The molecule has 3 atom stereocenters. The van der Waals surface area contributed by atoms with Gasteiger partial charge in [0.1, 0.15) is 6.10 Å². The molecule has 4 heteroatoms. The quantitative estimate of drug-likeness (QED) is 0.813. The van der Waals surface area contributed by atoms with E-state index in [2.05, 4.69) is 0 Å². The van der Waals surface area contributed by atoms with Crippen LogP contribution in [0.15, 0.2) is 60.7 Å². The first-order chi connectivity index (χ1) is 10.3. The summed E-state index contributed by atoms with van der Waals surface area (Å²) in [4.78, 5) is 11.9. The molecule has 1 aliphatic rings. The van der Waals surface area contributed by atoms with Crippen molar-refractivity contribution >= 4 is 5.97 Å². The molecule has 108 valence electrons. The Hall–Kier alpha value is -2.17. The number of benzene rings is 2. The Kier molecular flexibility index (Phi) is 3.99. The molecule has 2 aromatic rings. The number of methoxy groups -OCH3 is 1. The van der Waals surface area contributed by atoms with Gasteiger partial charge in [-0.1, -0.05) is 60.7 Å². The summed E-state index contributed by atoms with van der Waals surface area (Å²) in [6, 6.07) is 19.1. The highest BCUT2D eigenvalue weighted by Crippen LogP contribution is 2.40. The van der Waals surface area contributed by atoms with Gasteiger partial charge in [-0.25, -0.2) is 4.79 Å². The van der Waals surface area contributed by atoms with Crippen molar-refractivity contribution in [2.75, 3.05) is 7.11 Å². The maximum absolute atomic E-state index is 11.9. The van der Waals surface area contributed by atoms with Crippen LogP contribution in [0.1, 0.15) is 23.5 Å². The van der Waals surface area contributed by atoms with Crippen molar-refractivity contribution in [2.24, 2.45) is 0 Å². The molecule has 0 spiro atoms. The number of carbonyl (C=O) groups is 1. The van der Waals surface area contributed by atoms with E-state index in [4.69, 9.17) is 14.2 Å². The molecule has 0 radical (unpaired) electrons. The van der Waals surface area contributed by atoms with E-state index in [0.717, 1.165) is 11.1 Å². The van der Waals surface area contributed by atoms with E-state index in [1.165, 1.54) is 7.11 Å². The van der Waals surface area contributed by atoms with Crippen molar-refractivity contribution in [2.45, 2.75) is 18.5 Å². The standard InChI is InChI=1S/C17H16O4/c1-19-16(18)15-14(12-8-4-2-5-9-12)20-17(21-15)13-10-6-3-7-11-13/h2-11,14-15,17H,1H3/t14-,15+,17+/m0/s1. The molecule has 2 aromatic carbocycles. The van der Waals surface area contributed by atoms with Gasteiger partial charge in [-0.15, -0.1) is 0 Å². The van der Waals surface area contributed by atoms with Crippen molar-refractivity contribution in [3.05, 3.63) is 71.8 Å². The van der Waals surface area contributed by atoms with Crippen LogP contribution in [0.2, 0.25) is 0 Å². The van der Waals surface area contributed by atoms with Gasteiger partial charge >= 0.3 is 5.97 Å². The van der Waals surface area contributed by atoms with Crippen LogP contribution in [0.25, 0.3) is 0 Å². The van der Waals surface area contributed by atoms with E-state index in [9.17, 15) is 4.79 Å². The second kappa shape index (κ2) is 6.08. The van der Waals surface area contributed by atoms with Gasteiger partial charge in [0.2, 0.25) is 0 Å². The monoisotopic (exact) mass is 284 g/mol. The van der Waals surface area contributed by atoms with Crippen LogP contribution in [0.5, 0.6) is 0 Å². The molecule has 0 unspecified atom stereocenters. The zero-order chi connectivity index (χ0) is 14.7. The molecule has 1 saturated heterocycles. The molecule has 21 heavy (non-hydrogen) atoms. The maximum Gasteiger partial charge on any atom is 0.338 e. The molecule has 0 saturated carbocycles. The average molecular weight is 284 g/mol. The molecule has 0 aliphatic carbocycles. The van der Waals surface area contributed by atoms with Gasteiger partial charge in [0.05, 0.1) is 7.11 Å². The third-order valence-electron chi connectivity index (χ3n) is 3.45. The highest BCUT2D eigenvalue weighted by Gasteiger charge is 2.43. The summed E-state index contributed by atoms with van der Waals surface area (Å²) in [7, 11) is 1.35. The molecule has 0 N–H and O–H groups in total. The average Bonchev–Trinajstić information content (AvgIpc) is 3.01.